The Bertz CT molecular complexity index is 1410. The van der Waals surface area contributed by atoms with E-state index in [1.54, 1.807) is 6.08 Å². The van der Waals surface area contributed by atoms with E-state index in [9.17, 15) is 19.8 Å². The summed E-state index contributed by atoms with van der Waals surface area (Å²) in [6, 6.07) is -0.625. The zero-order chi connectivity index (χ0) is 62.8. The molecule has 0 aromatic carbocycles. The molecular formula is C81H155NO5. The zero-order valence-corrected chi connectivity index (χ0v) is 59.0. The summed E-state index contributed by atoms with van der Waals surface area (Å²) in [5.74, 6) is -0.0378. The molecule has 6 heteroatoms. The monoisotopic (exact) mass is 1220 g/mol. The molecular weight excluding hydrogens is 1070 g/mol. The van der Waals surface area contributed by atoms with Crippen molar-refractivity contribution in [3.8, 4) is 0 Å². The number of carbonyl (C=O) groups excluding carboxylic acids is 2. The molecule has 3 N–H and O–H groups in total. The minimum absolute atomic E-state index is 0.0248. The standard InChI is InChI=1S/C81H155NO5/c1-3-5-7-9-11-13-15-17-19-43-47-51-55-59-63-67-71-75-81(86)87-76-72-68-64-60-56-52-48-45-42-40-38-36-34-32-30-28-26-24-22-20-21-23-25-27-29-31-33-35-37-39-41-44-46-50-54-58-62-66-70-74-80(85)82-78(77-83)79(84)73-69-65-61-57-53-49-18-16-14-12-10-8-6-4-2/h20-21,24,26,69,73,78-79,83-84H,3-19,22-23,25,27-68,70-72,74-77H2,1-2H3,(H,82,85)/b21-20-,26-24-,73-69+. The van der Waals surface area contributed by atoms with Crippen molar-refractivity contribution in [2.75, 3.05) is 13.2 Å². The zero-order valence-electron chi connectivity index (χ0n) is 59.0. The van der Waals surface area contributed by atoms with Crippen LogP contribution in [0, 0.1) is 0 Å². The first-order valence-corrected chi connectivity index (χ1v) is 39.8. The Hall–Kier alpha value is -1.92. The van der Waals surface area contributed by atoms with Crippen LogP contribution in [0.2, 0.25) is 0 Å². The van der Waals surface area contributed by atoms with Crippen LogP contribution in [0.15, 0.2) is 36.5 Å². The maximum absolute atomic E-state index is 12.5. The Morgan fingerprint density at radius 2 is 0.575 bits per heavy atom. The second kappa shape index (κ2) is 76.5. The molecule has 0 aliphatic heterocycles. The van der Waals surface area contributed by atoms with E-state index in [1.165, 1.54) is 372 Å². The third-order valence-corrected chi connectivity index (χ3v) is 18.7. The van der Waals surface area contributed by atoms with Crippen LogP contribution in [0.1, 0.15) is 444 Å². The van der Waals surface area contributed by atoms with Gasteiger partial charge in [0.2, 0.25) is 5.91 Å². The predicted molar refractivity (Wildman–Crippen MR) is 384 cm³/mol. The van der Waals surface area contributed by atoms with E-state index in [0.29, 0.717) is 19.4 Å². The first-order valence-electron chi connectivity index (χ1n) is 39.8. The Morgan fingerprint density at radius 3 is 0.874 bits per heavy atom. The van der Waals surface area contributed by atoms with Gasteiger partial charge in [-0.2, -0.15) is 0 Å². The van der Waals surface area contributed by atoms with Crippen molar-refractivity contribution in [3.63, 3.8) is 0 Å². The quantitative estimate of drug-likeness (QED) is 0.0320. The number of hydrogen-bond acceptors (Lipinski definition) is 5. The van der Waals surface area contributed by atoms with Crippen molar-refractivity contribution >= 4 is 11.9 Å². The van der Waals surface area contributed by atoms with Crippen molar-refractivity contribution < 1.29 is 24.5 Å². The molecule has 2 unspecified atom stereocenters. The number of allylic oxidation sites excluding steroid dienone is 5. The highest BCUT2D eigenvalue weighted by Gasteiger charge is 2.18. The molecule has 1 amide bonds. The third-order valence-electron chi connectivity index (χ3n) is 18.7. The molecule has 2 atom stereocenters. The lowest BCUT2D eigenvalue weighted by Crippen LogP contribution is -2.45. The molecule has 0 aromatic heterocycles. The van der Waals surface area contributed by atoms with Gasteiger partial charge in [0, 0.05) is 12.8 Å². The smallest absolute Gasteiger partial charge is 0.305 e. The number of aliphatic hydroxyl groups excluding tert-OH is 2. The Labute approximate surface area is 544 Å². The molecule has 0 bridgehead atoms. The average Bonchev–Trinajstić information content (AvgIpc) is 3.58. The maximum Gasteiger partial charge on any atom is 0.305 e. The number of esters is 1. The van der Waals surface area contributed by atoms with E-state index in [4.69, 9.17) is 4.74 Å². The Morgan fingerprint density at radius 1 is 0.322 bits per heavy atom. The van der Waals surface area contributed by atoms with Gasteiger partial charge in [0.05, 0.1) is 25.4 Å². The number of ether oxygens (including phenoxy) is 1. The fraction of sp³-hybridized carbons (Fsp3) is 0.901. The predicted octanol–water partition coefficient (Wildman–Crippen LogP) is 26.2. The highest BCUT2D eigenvalue weighted by Crippen LogP contribution is 2.20. The molecule has 0 aliphatic carbocycles. The van der Waals surface area contributed by atoms with Gasteiger partial charge in [-0.05, 0) is 64.2 Å². The second-order valence-electron chi connectivity index (χ2n) is 27.4. The van der Waals surface area contributed by atoms with E-state index in [0.717, 1.165) is 44.9 Å². The molecule has 0 heterocycles. The lowest BCUT2D eigenvalue weighted by Gasteiger charge is -2.20. The summed E-state index contributed by atoms with van der Waals surface area (Å²) in [5.41, 5.74) is 0. The lowest BCUT2D eigenvalue weighted by molar-refractivity contribution is -0.143. The van der Waals surface area contributed by atoms with Gasteiger partial charge in [-0.15, -0.1) is 0 Å². The van der Waals surface area contributed by atoms with Gasteiger partial charge in [-0.3, -0.25) is 9.59 Å². The molecule has 0 aromatic rings. The number of aliphatic hydroxyl groups is 2. The van der Waals surface area contributed by atoms with Gasteiger partial charge in [0.1, 0.15) is 0 Å². The van der Waals surface area contributed by atoms with Crippen LogP contribution >= 0.6 is 0 Å². The van der Waals surface area contributed by atoms with Gasteiger partial charge in [-0.25, -0.2) is 0 Å². The summed E-state index contributed by atoms with van der Waals surface area (Å²) in [4.78, 5) is 24.6. The number of rotatable bonds is 75. The van der Waals surface area contributed by atoms with E-state index in [2.05, 4.69) is 43.5 Å². The van der Waals surface area contributed by atoms with Crippen molar-refractivity contribution in [2.45, 2.75) is 456 Å². The van der Waals surface area contributed by atoms with Gasteiger partial charge >= 0.3 is 5.97 Å². The Balaban J connectivity index is 3.34. The summed E-state index contributed by atoms with van der Waals surface area (Å²) in [6.45, 7) is 4.95. The first-order chi connectivity index (χ1) is 43.0. The molecule has 0 rings (SSSR count). The summed E-state index contributed by atoms with van der Waals surface area (Å²) in [7, 11) is 0. The summed E-state index contributed by atoms with van der Waals surface area (Å²) in [5, 5.41) is 23.2. The molecule has 0 radical (unpaired) electrons. The average molecular weight is 1220 g/mol. The fourth-order valence-electron chi connectivity index (χ4n) is 12.6. The Kier molecular flexibility index (Phi) is 74.8. The van der Waals surface area contributed by atoms with Crippen molar-refractivity contribution in [1.82, 2.24) is 5.32 Å². The molecule has 87 heavy (non-hydrogen) atoms. The number of carbonyl (C=O) groups is 2. The molecule has 0 aliphatic rings. The van der Waals surface area contributed by atoms with E-state index in [1.807, 2.05) is 6.08 Å². The highest BCUT2D eigenvalue weighted by molar-refractivity contribution is 5.76. The van der Waals surface area contributed by atoms with Crippen LogP contribution in [0.5, 0.6) is 0 Å². The van der Waals surface area contributed by atoms with Crippen LogP contribution in [0.3, 0.4) is 0 Å². The highest BCUT2D eigenvalue weighted by atomic mass is 16.5. The van der Waals surface area contributed by atoms with Crippen LogP contribution in [0.4, 0.5) is 0 Å². The van der Waals surface area contributed by atoms with E-state index >= 15 is 0 Å². The summed E-state index contributed by atoms with van der Waals surface area (Å²) < 4.78 is 5.51. The van der Waals surface area contributed by atoms with Gasteiger partial charge in [0.15, 0.2) is 0 Å². The van der Waals surface area contributed by atoms with Crippen molar-refractivity contribution in [2.24, 2.45) is 0 Å². The largest absolute Gasteiger partial charge is 0.466 e. The number of nitrogens with one attached hydrogen (secondary N) is 1. The molecule has 0 fully saturated rings. The van der Waals surface area contributed by atoms with E-state index in [-0.39, 0.29) is 18.5 Å². The molecule has 514 valence electrons. The fourth-order valence-corrected chi connectivity index (χ4v) is 12.6. The number of amides is 1. The van der Waals surface area contributed by atoms with Gasteiger partial charge in [-0.1, -0.05) is 403 Å². The normalized spacial score (nSPS) is 12.6. The minimum atomic E-state index is -0.842. The minimum Gasteiger partial charge on any atom is -0.466 e. The van der Waals surface area contributed by atoms with Crippen LogP contribution in [0.25, 0.3) is 0 Å². The number of unbranched alkanes of at least 4 members (excludes halogenated alkanes) is 60. The first kappa shape index (κ1) is 85.1. The second-order valence-corrected chi connectivity index (χ2v) is 27.4. The van der Waals surface area contributed by atoms with Gasteiger partial charge < -0.3 is 20.3 Å². The maximum atomic E-state index is 12.5. The van der Waals surface area contributed by atoms with Gasteiger partial charge in [0.25, 0.3) is 0 Å². The number of hydrogen-bond donors (Lipinski definition) is 3. The van der Waals surface area contributed by atoms with Crippen molar-refractivity contribution in [3.05, 3.63) is 36.5 Å². The molecule has 0 saturated heterocycles. The molecule has 6 nitrogen and oxygen atoms in total. The lowest BCUT2D eigenvalue weighted by atomic mass is 10.0. The molecule has 0 spiro atoms. The summed E-state index contributed by atoms with van der Waals surface area (Å²) >= 11 is 0. The van der Waals surface area contributed by atoms with Crippen LogP contribution in [-0.2, 0) is 14.3 Å². The third kappa shape index (κ3) is 73.0. The van der Waals surface area contributed by atoms with Crippen molar-refractivity contribution in [1.29, 1.82) is 0 Å². The van der Waals surface area contributed by atoms with Crippen LogP contribution in [-0.4, -0.2) is 47.4 Å². The SMILES string of the molecule is CCCCCCCCCCCCCC/C=C/C(O)C(CO)NC(=O)CCCCCCCCCCCCCCCCCCC/C=C\C/C=C\CCCCCCCCCCCCCCCCCOC(=O)CCCCCCCCCCCCCCCCCCC. The summed E-state index contributed by atoms with van der Waals surface area (Å²) in [6.07, 6.45) is 99.9. The molecule has 0 saturated carbocycles. The topological polar surface area (TPSA) is 95.9 Å². The van der Waals surface area contributed by atoms with Crippen LogP contribution < -0.4 is 5.32 Å². The van der Waals surface area contributed by atoms with E-state index < -0.39 is 12.1 Å².